The summed E-state index contributed by atoms with van der Waals surface area (Å²) in [6, 6.07) is 7.35. The fourth-order valence-electron chi connectivity index (χ4n) is 1.91. The molecular formula is C14H22ClN3O. The van der Waals surface area contributed by atoms with E-state index >= 15 is 0 Å². The van der Waals surface area contributed by atoms with Gasteiger partial charge in [-0.05, 0) is 26.0 Å². The first-order chi connectivity index (χ1) is 9.12. The van der Waals surface area contributed by atoms with Gasteiger partial charge in [0.1, 0.15) is 0 Å². The highest BCUT2D eigenvalue weighted by Gasteiger charge is 2.16. The van der Waals surface area contributed by atoms with Gasteiger partial charge < -0.3 is 16.0 Å². The normalized spacial score (nSPS) is 12.0. The van der Waals surface area contributed by atoms with Gasteiger partial charge in [0.2, 0.25) is 5.91 Å². The van der Waals surface area contributed by atoms with Crippen molar-refractivity contribution < 1.29 is 4.79 Å². The van der Waals surface area contributed by atoms with Gasteiger partial charge in [-0.1, -0.05) is 23.7 Å². The van der Waals surface area contributed by atoms with E-state index in [1.807, 2.05) is 38.1 Å². The number of amides is 1. The summed E-state index contributed by atoms with van der Waals surface area (Å²) < 4.78 is 0. The molecule has 5 heteroatoms. The van der Waals surface area contributed by atoms with Crippen molar-refractivity contribution in [2.24, 2.45) is 5.73 Å². The monoisotopic (exact) mass is 283 g/mol. The molecule has 0 aliphatic heterocycles. The summed E-state index contributed by atoms with van der Waals surface area (Å²) in [6.07, 6.45) is 0.378. The Bertz CT molecular complexity index is 407. The van der Waals surface area contributed by atoms with Crippen molar-refractivity contribution in [1.29, 1.82) is 0 Å². The molecule has 0 bridgehead atoms. The Kier molecular flexibility index (Phi) is 6.67. The van der Waals surface area contributed by atoms with Crippen molar-refractivity contribution in [2.75, 3.05) is 25.0 Å². The van der Waals surface area contributed by atoms with Gasteiger partial charge >= 0.3 is 0 Å². The maximum Gasteiger partial charge on any atom is 0.224 e. The number of carbonyl (C=O) groups excluding carboxylic acids is 1. The van der Waals surface area contributed by atoms with Gasteiger partial charge in [-0.3, -0.25) is 4.79 Å². The van der Waals surface area contributed by atoms with Crippen LogP contribution >= 0.6 is 11.6 Å². The third-order valence-corrected chi connectivity index (χ3v) is 3.38. The maximum absolute atomic E-state index is 12.0. The average molecular weight is 284 g/mol. The lowest BCUT2D eigenvalue weighted by molar-refractivity contribution is -0.131. The first-order valence-corrected chi connectivity index (χ1v) is 6.99. The topological polar surface area (TPSA) is 58.4 Å². The summed E-state index contributed by atoms with van der Waals surface area (Å²) in [6.45, 7) is 5.77. The SMILES string of the molecule is CCN(CC)C(=O)CC(CN)Nc1ccccc1Cl. The summed E-state index contributed by atoms with van der Waals surface area (Å²) in [4.78, 5) is 13.8. The van der Waals surface area contributed by atoms with E-state index in [4.69, 9.17) is 17.3 Å². The third kappa shape index (κ3) is 4.73. The second kappa shape index (κ2) is 8.02. The zero-order chi connectivity index (χ0) is 14.3. The molecule has 1 unspecified atom stereocenters. The minimum absolute atomic E-state index is 0.104. The number of rotatable bonds is 7. The Morgan fingerprint density at radius 2 is 2.00 bits per heavy atom. The van der Waals surface area contributed by atoms with E-state index in [1.54, 1.807) is 4.90 Å². The summed E-state index contributed by atoms with van der Waals surface area (Å²) in [7, 11) is 0. The van der Waals surface area contributed by atoms with Crippen LogP contribution in [0.1, 0.15) is 20.3 Å². The minimum Gasteiger partial charge on any atom is -0.379 e. The molecule has 1 aromatic carbocycles. The second-order valence-electron chi connectivity index (χ2n) is 4.33. The number of carbonyl (C=O) groups is 1. The fourth-order valence-corrected chi connectivity index (χ4v) is 2.10. The number of para-hydroxylation sites is 1. The lowest BCUT2D eigenvalue weighted by atomic mass is 10.1. The Morgan fingerprint density at radius 3 is 2.53 bits per heavy atom. The highest BCUT2D eigenvalue weighted by molar-refractivity contribution is 6.33. The molecule has 0 saturated heterocycles. The van der Waals surface area contributed by atoms with Crippen LogP contribution in [-0.2, 0) is 4.79 Å². The van der Waals surface area contributed by atoms with Crippen molar-refractivity contribution in [3.63, 3.8) is 0 Å². The number of anilines is 1. The maximum atomic E-state index is 12.0. The standard InChI is InChI=1S/C14H22ClN3O/c1-3-18(4-2)14(19)9-11(10-16)17-13-8-6-5-7-12(13)15/h5-8,11,17H,3-4,9-10,16H2,1-2H3. The first kappa shape index (κ1) is 15.8. The molecule has 0 aliphatic rings. The molecule has 0 fully saturated rings. The van der Waals surface area contributed by atoms with Gasteiger partial charge in [0.15, 0.2) is 0 Å². The van der Waals surface area contributed by atoms with Gasteiger partial charge in [0, 0.05) is 32.1 Å². The number of hydrogen-bond donors (Lipinski definition) is 2. The predicted octanol–water partition coefficient (Wildman–Crippen LogP) is 2.34. The molecule has 0 heterocycles. The number of nitrogens with two attached hydrogens (primary N) is 1. The van der Waals surface area contributed by atoms with E-state index in [2.05, 4.69) is 5.32 Å². The Hall–Kier alpha value is -1.26. The number of halogens is 1. The molecule has 0 aromatic heterocycles. The number of nitrogens with zero attached hydrogens (tertiary/aromatic N) is 1. The first-order valence-electron chi connectivity index (χ1n) is 6.61. The van der Waals surface area contributed by atoms with E-state index in [0.717, 1.165) is 18.8 Å². The van der Waals surface area contributed by atoms with Gasteiger partial charge in [0.05, 0.1) is 10.7 Å². The van der Waals surface area contributed by atoms with Crippen LogP contribution in [0.3, 0.4) is 0 Å². The summed E-state index contributed by atoms with van der Waals surface area (Å²) in [5.41, 5.74) is 6.54. The molecule has 1 rings (SSSR count). The zero-order valence-electron chi connectivity index (χ0n) is 11.5. The molecular weight excluding hydrogens is 262 g/mol. The van der Waals surface area contributed by atoms with E-state index in [1.165, 1.54) is 0 Å². The number of nitrogens with one attached hydrogen (secondary N) is 1. The molecule has 0 saturated carbocycles. The van der Waals surface area contributed by atoms with Gasteiger partial charge in [-0.25, -0.2) is 0 Å². The van der Waals surface area contributed by atoms with Crippen molar-refractivity contribution in [2.45, 2.75) is 26.3 Å². The molecule has 1 atom stereocenters. The molecule has 1 aromatic rings. The smallest absolute Gasteiger partial charge is 0.224 e. The van der Waals surface area contributed by atoms with E-state index in [9.17, 15) is 4.79 Å². The van der Waals surface area contributed by atoms with Crippen molar-refractivity contribution in [3.05, 3.63) is 29.3 Å². The molecule has 0 aliphatic carbocycles. The Balaban J connectivity index is 2.64. The van der Waals surface area contributed by atoms with Crippen molar-refractivity contribution in [1.82, 2.24) is 4.90 Å². The fraction of sp³-hybridized carbons (Fsp3) is 0.500. The van der Waals surface area contributed by atoms with Crippen LogP contribution in [-0.4, -0.2) is 36.5 Å². The van der Waals surface area contributed by atoms with Crippen LogP contribution in [0, 0.1) is 0 Å². The van der Waals surface area contributed by atoms with Crippen LogP contribution in [0.4, 0.5) is 5.69 Å². The van der Waals surface area contributed by atoms with Crippen molar-refractivity contribution in [3.8, 4) is 0 Å². The number of hydrogen-bond acceptors (Lipinski definition) is 3. The van der Waals surface area contributed by atoms with Gasteiger partial charge in [-0.15, -0.1) is 0 Å². The van der Waals surface area contributed by atoms with E-state index in [-0.39, 0.29) is 11.9 Å². The zero-order valence-corrected chi connectivity index (χ0v) is 12.3. The average Bonchev–Trinajstić information content (AvgIpc) is 2.41. The van der Waals surface area contributed by atoms with Crippen LogP contribution in [0.25, 0.3) is 0 Å². The minimum atomic E-state index is -0.104. The van der Waals surface area contributed by atoms with Crippen LogP contribution in [0.5, 0.6) is 0 Å². The molecule has 19 heavy (non-hydrogen) atoms. The molecule has 3 N–H and O–H groups in total. The third-order valence-electron chi connectivity index (χ3n) is 3.06. The molecule has 106 valence electrons. The Morgan fingerprint density at radius 1 is 1.37 bits per heavy atom. The van der Waals surface area contributed by atoms with Crippen molar-refractivity contribution >= 4 is 23.2 Å². The van der Waals surface area contributed by atoms with Crippen LogP contribution in [0.2, 0.25) is 5.02 Å². The summed E-state index contributed by atoms with van der Waals surface area (Å²) >= 11 is 6.08. The number of benzene rings is 1. The van der Waals surface area contributed by atoms with E-state index < -0.39 is 0 Å². The summed E-state index contributed by atoms with van der Waals surface area (Å²) in [5.74, 6) is 0.111. The highest BCUT2D eigenvalue weighted by Crippen LogP contribution is 2.21. The predicted molar refractivity (Wildman–Crippen MR) is 80.5 cm³/mol. The lowest BCUT2D eigenvalue weighted by Crippen LogP contribution is -2.38. The largest absolute Gasteiger partial charge is 0.379 e. The highest BCUT2D eigenvalue weighted by atomic mass is 35.5. The molecule has 1 amide bonds. The molecule has 4 nitrogen and oxygen atoms in total. The van der Waals surface area contributed by atoms with Gasteiger partial charge in [-0.2, -0.15) is 0 Å². The lowest BCUT2D eigenvalue weighted by Gasteiger charge is -2.23. The Labute approximate surface area is 119 Å². The summed E-state index contributed by atoms with van der Waals surface area (Å²) in [5, 5.41) is 3.86. The second-order valence-corrected chi connectivity index (χ2v) is 4.73. The van der Waals surface area contributed by atoms with E-state index in [0.29, 0.717) is 18.0 Å². The molecule has 0 radical (unpaired) electrons. The van der Waals surface area contributed by atoms with Crippen LogP contribution in [0.15, 0.2) is 24.3 Å². The van der Waals surface area contributed by atoms with Crippen LogP contribution < -0.4 is 11.1 Å². The molecule has 0 spiro atoms. The quantitative estimate of drug-likeness (QED) is 0.807. The van der Waals surface area contributed by atoms with Gasteiger partial charge in [0.25, 0.3) is 0 Å².